The number of nitriles is 1. The average molecular weight is 289 g/mol. The van der Waals surface area contributed by atoms with Gasteiger partial charge in [-0.2, -0.15) is 5.26 Å². The van der Waals surface area contributed by atoms with E-state index >= 15 is 0 Å². The monoisotopic (exact) mass is 288 g/mol. The normalized spacial score (nSPS) is 10.1. The van der Waals surface area contributed by atoms with Gasteiger partial charge in [-0.3, -0.25) is 0 Å². The molecule has 0 atom stereocenters. The number of nitrogens with zero attached hydrogens (tertiary/aromatic N) is 2. The van der Waals surface area contributed by atoms with Gasteiger partial charge in [-0.05, 0) is 48.9 Å². The smallest absolute Gasteiger partial charge is 0.123 e. The average Bonchev–Trinajstić information content (AvgIpc) is 2.47. The Bertz CT molecular complexity index is 632. The maximum atomic E-state index is 13.0. The second-order valence-electron chi connectivity index (χ2n) is 4.41. The molecule has 0 N–H and O–H groups in total. The molecule has 2 aromatic carbocycles. The highest BCUT2D eigenvalue weighted by Crippen LogP contribution is 2.23. The van der Waals surface area contributed by atoms with E-state index in [2.05, 4.69) is 11.0 Å². The van der Waals surface area contributed by atoms with Gasteiger partial charge in [-0.25, -0.2) is 4.39 Å². The van der Waals surface area contributed by atoms with Crippen molar-refractivity contribution in [3.8, 4) is 6.07 Å². The van der Waals surface area contributed by atoms with Crippen molar-refractivity contribution in [3.05, 3.63) is 64.4 Å². The highest BCUT2D eigenvalue weighted by Gasteiger charge is 2.09. The van der Waals surface area contributed by atoms with Crippen LogP contribution in [0.2, 0.25) is 5.02 Å². The molecular weight excluding hydrogens is 275 g/mol. The van der Waals surface area contributed by atoms with E-state index in [1.165, 1.54) is 12.1 Å². The molecular formula is C16H14ClFN2. The van der Waals surface area contributed by atoms with Crippen LogP contribution in [0.25, 0.3) is 0 Å². The number of benzene rings is 2. The highest BCUT2D eigenvalue weighted by molar-refractivity contribution is 6.31. The Morgan fingerprint density at radius 1 is 1.20 bits per heavy atom. The van der Waals surface area contributed by atoms with Gasteiger partial charge in [0.25, 0.3) is 0 Å². The molecule has 0 bridgehead atoms. The summed E-state index contributed by atoms with van der Waals surface area (Å²) in [4.78, 5) is 2.09. The van der Waals surface area contributed by atoms with Crippen LogP contribution in [0.1, 0.15) is 18.1 Å². The summed E-state index contributed by atoms with van der Waals surface area (Å²) in [7, 11) is 0. The molecule has 102 valence electrons. The van der Waals surface area contributed by atoms with Gasteiger partial charge in [0.15, 0.2) is 0 Å². The maximum Gasteiger partial charge on any atom is 0.123 e. The van der Waals surface area contributed by atoms with Gasteiger partial charge < -0.3 is 4.90 Å². The fourth-order valence-electron chi connectivity index (χ4n) is 1.99. The van der Waals surface area contributed by atoms with Crippen molar-refractivity contribution in [1.29, 1.82) is 5.26 Å². The summed E-state index contributed by atoms with van der Waals surface area (Å²) in [5, 5.41) is 9.40. The quantitative estimate of drug-likeness (QED) is 0.835. The zero-order valence-electron chi connectivity index (χ0n) is 11.1. The van der Waals surface area contributed by atoms with Crippen molar-refractivity contribution in [2.75, 3.05) is 11.4 Å². The Balaban J connectivity index is 2.22. The Morgan fingerprint density at radius 3 is 2.45 bits per heavy atom. The minimum Gasteiger partial charge on any atom is -0.367 e. The van der Waals surface area contributed by atoms with E-state index in [0.29, 0.717) is 17.1 Å². The third-order valence-corrected chi connectivity index (χ3v) is 3.47. The Kier molecular flexibility index (Phi) is 4.60. The molecule has 2 rings (SSSR count). The lowest BCUT2D eigenvalue weighted by atomic mass is 10.1. The van der Waals surface area contributed by atoms with Crippen molar-refractivity contribution >= 4 is 17.3 Å². The molecule has 0 aliphatic heterocycles. The van der Waals surface area contributed by atoms with Crippen LogP contribution in [0, 0.1) is 17.1 Å². The zero-order valence-corrected chi connectivity index (χ0v) is 11.9. The summed E-state index contributed by atoms with van der Waals surface area (Å²) in [6, 6.07) is 13.7. The predicted octanol–water partition coefficient (Wildman–Crippen LogP) is 4.38. The molecule has 0 aliphatic rings. The molecule has 0 radical (unpaired) electrons. The van der Waals surface area contributed by atoms with Gasteiger partial charge in [-0.15, -0.1) is 0 Å². The zero-order chi connectivity index (χ0) is 14.5. The first kappa shape index (κ1) is 14.4. The standard InChI is InChI=1S/C16H14ClFN2/c1-2-20(15-7-5-14(18)6-8-15)11-13-4-3-12(10-19)9-16(13)17/h3-9H,2,11H2,1H3. The maximum absolute atomic E-state index is 13.0. The van der Waals surface area contributed by atoms with Crippen LogP contribution in [-0.2, 0) is 6.54 Å². The van der Waals surface area contributed by atoms with E-state index in [1.54, 1.807) is 24.3 Å². The summed E-state index contributed by atoms with van der Waals surface area (Å²) in [5.41, 5.74) is 2.43. The number of anilines is 1. The van der Waals surface area contributed by atoms with Crippen LogP contribution in [0.4, 0.5) is 10.1 Å². The second kappa shape index (κ2) is 6.40. The van der Waals surface area contributed by atoms with E-state index < -0.39 is 0 Å². The summed E-state index contributed by atoms with van der Waals surface area (Å²) in [5.74, 6) is -0.249. The molecule has 0 aliphatic carbocycles. The van der Waals surface area contributed by atoms with Crippen molar-refractivity contribution in [2.24, 2.45) is 0 Å². The first-order valence-corrected chi connectivity index (χ1v) is 6.71. The first-order chi connectivity index (χ1) is 9.63. The lowest BCUT2D eigenvalue weighted by molar-refractivity contribution is 0.627. The SMILES string of the molecule is CCN(Cc1ccc(C#N)cc1Cl)c1ccc(F)cc1. The third-order valence-electron chi connectivity index (χ3n) is 3.12. The van der Waals surface area contributed by atoms with E-state index in [4.69, 9.17) is 16.9 Å². The molecule has 2 nitrogen and oxygen atoms in total. The molecule has 0 fully saturated rings. The molecule has 0 heterocycles. The van der Waals surface area contributed by atoms with E-state index in [-0.39, 0.29) is 5.82 Å². The molecule has 0 unspecified atom stereocenters. The Morgan fingerprint density at radius 2 is 1.90 bits per heavy atom. The van der Waals surface area contributed by atoms with E-state index in [0.717, 1.165) is 17.8 Å². The number of halogens is 2. The molecule has 0 amide bonds. The Labute approximate surface area is 123 Å². The van der Waals surface area contributed by atoms with Gasteiger partial charge in [0, 0.05) is 23.8 Å². The van der Waals surface area contributed by atoms with Crippen LogP contribution in [-0.4, -0.2) is 6.54 Å². The number of hydrogen-bond acceptors (Lipinski definition) is 2. The highest BCUT2D eigenvalue weighted by atomic mass is 35.5. The largest absolute Gasteiger partial charge is 0.367 e. The summed E-state index contributed by atoms with van der Waals surface area (Å²) < 4.78 is 13.0. The lowest BCUT2D eigenvalue weighted by Gasteiger charge is -2.23. The molecule has 0 aromatic heterocycles. The first-order valence-electron chi connectivity index (χ1n) is 6.33. The van der Waals surface area contributed by atoms with Gasteiger partial charge in [0.2, 0.25) is 0 Å². The summed E-state index contributed by atoms with van der Waals surface area (Å²) >= 11 is 6.18. The van der Waals surface area contributed by atoms with Crippen LogP contribution in [0.3, 0.4) is 0 Å². The molecule has 0 saturated carbocycles. The van der Waals surface area contributed by atoms with Gasteiger partial charge in [0.05, 0.1) is 11.6 Å². The number of rotatable bonds is 4. The van der Waals surface area contributed by atoms with Crippen molar-refractivity contribution in [2.45, 2.75) is 13.5 Å². The fourth-order valence-corrected chi connectivity index (χ4v) is 2.23. The van der Waals surface area contributed by atoms with Crippen LogP contribution >= 0.6 is 11.6 Å². The molecule has 0 saturated heterocycles. The van der Waals surface area contributed by atoms with Gasteiger partial charge in [0.1, 0.15) is 5.82 Å². The predicted molar refractivity (Wildman–Crippen MR) is 79.3 cm³/mol. The van der Waals surface area contributed by atoms with E-state index in [9.17, 15) is 4.39 Å². The molecule has 4 heteroatoms. The van der Waals surface area contributed by atoms with Gasteiger partial charge in [-0.1, -0.05) is 17.7 Å². The molecule has 20 heavy (non-hydrogen) atoms. The molecule has 0 spiro atoms. The van der Waals surface area contributed by atoms with Gasteiger partial charge >= 0.3 is 0 Å². The minimum atomic E-state index is -0.249. The minimum absolute atomic E-state index is 0.249. The Hall–Kier alpha value is -2.05. The lowest BCUT2D eigenvalue weighted by Crippen LogP contribution is -2.22. The topological polar surface area (TPSA) is 27.0 Å². The van der Waals surface area contributed by atoms with Crippen LogP contribution in [0.15, 0.2) is 42.5 Å². The third kappa shape index (κ3) is 3.28. The van der Waals surface area contributed by atoms with Crippen LogP contribution < -0.4 is 4.90 Å². The second-order valence-corrected chi connectivity index (χ2v) is 4.82. The van der Waals surface area contributed by atoms with Crippen molar-refractivity contribution in [3.63, 3.8) is 0 Å². The summed E-state index contributed by atoms with van der Waals surface area (Å²) in [6.07, 6.45) is 0. The number of hydrogen-bond donors (Lipinski definition) is 0. The summed E-state index contributed by atoms with van der Waals surface area (Å²) in [6.45, 7) is 3.43. The van der Waals surface area contributed by atoms with Crippen LogP contribution in [0.5, 0.6) is 0 Å². The fraction of sp³-hybridized carbons (Fsp3) is 0.188. The molecule has 2 aromatic rings. The van der Waals surface area contributed by atoms with Crippen molar-refractivity contribution in [1.82, 2.24) is 0 Å². The van der Waals surface area contributed by atoms with E-state index in [1.807, 2.05) is 13.0 Å². The van der Waals surface area contributed by atoms with Crippen molar-refractivity contribution < 1.29 is 4.39 Å².